The van der Waals surface area contributed by atoms with E-state index in [1.165, 1.54) is 66.9 Å². The average molecular weight is 445 g/mol. The van der Waals surface area contributed by atoms with Crippen LogP contribution in [0, 0.1) is 20.2 Å². The molecule has 0 atom stereocenters. The van der Waals surface area contributed by atoms with Gasteiger partial charge >= 0.3 is 0 Å². The highest BCUT2D eigenvalue weighted by molar-refractivity contribution is 5.41. The van der Waals surface area contributed by atoms with Gasteiger partial charge in [-0.25, -0.2) is 0 Å². The van der Waals surface area contributed by atoms with Crippen LogP contribution in [0.25, 0.3) is 0 Å². The Morgan fingerprint density at radius 1 is 0.938 bits per heavy atom. The highest BCUT2D eigenvalue weighted by atomic mass is 16.6. The van der Waals surface area contributed by atoms with Gasteiger partial charge in [0, 0.05) is 30.9 Å². The Morgan fingerprint density at radius 3 is 1.72 bits per heavy atom. The molecule has 0 amide bonds. The third-order valence-corrected chi connectivity index (χ3v) is 4.71. The molecule has 2 aromatic rings. The van der Waals surface area contributed by atoms with Gasteiger partial charge in [-0.2, -0.15) is 0 Å². The van der Waals surface area contributed by atoms with Crippen molar-refractivity contribution in [3.05, 3.63) is 80.4 Å². The molecule has 0 fully saturated rings. The van der Waals surface area contributed by atoms with Gasteiger partial charge in [0.2, 0.25) is 0 Å². The summed E-state index contributed by atoms with van der Waals surface area (Å²) < 4.78 is 11.0. The van der Waals surface area contributed by atoms with Crippen LogP contribution in [0.2, 0.25) is 0 Å². The second kappa shape index (κ2) is 13.2. The molecule has 0 saturated carbocycles. The van der Waals surface area contributed by atoms with Gasteiger partial charge < -0.3 is 9.47 Å². The smallest absolute Gasteiger partial charge is 0.269 e. The molecule has 2 rings (SSSR count). The number of non-ortho nitro benzene ring substituents is 2. The van der Waals surface area contributed by atoms with E-state index in [-0.39, 0.29) is 17.0 Å². The van der Waals surface area contributed by atoms with Gasteiger partial charge in [-0.05, 0) is 78.1 Å². The van der Waals surface area contributed by atoms with Gasteiger partial charge in [0.1, 0.15) is 11.5 Å². The van der Waals surface area contributed by atoms with E-state index in [1.807, 2.05) is 0 Å². The first kappa shape index (κ1) is 26.8. The number of hydrogen-bond donors (Lipinski definition) is 0. The van der Waals surface area contributed by atoms with Gasteiger partial charge in [-0.15, -0.1) is 0 Å². The van der Waals surface area contributed by atoms with Crippen LogP contribution in [0.1, 0.15) is 53.9 Å². The first-order valence-electron chi connectivity index (χ1n) is 10.5. The Hall–Kier alpha value is -3.26. The number of nitro benzene ring substituents is 2. The maximum atomic E-state index is 10.5. The Morgan fingerprint density at radius 2 is 1.38 bits per heavy atom. The van der Waals surface area contributed by atoms with Crippen molar-refractivity contribution < 1.29 is 19.3 Å². The zero-order valence-electron chi connectivity index (χ0n) is 19.4. The molecule has 0 radical (unpaired) electrons. The highest BCUT2D eigenvalue weighted by Gasteiger charge is 2.16. The molecular formula is C24H32N2O6. The van der Waals surface area contributed by atoms with Gasteiger partial charge in [0.25, 0.3) is 11.4 Å². The van der Waals surface area contributed by atoms with Crippen molar-refractivity contribution in [1.29, 1.82) is 0 Å². The van der Waals surface area contributed by atoms with E-state index in [0.29, 0.717) is 11.5 Å². The molecule has 0 bridgehead atoms. The van der Waals surface area contributed by atoms with Crippen molar-refractivity contribution in [2.24, 2.45) is 0 Å². The molecular weight excluding hydrogens is 412 g/mol. The van der Waals surface area contributed by atoms with Crippen LogP contribution in [0.4, 0.5) is 11.4 Å². The number of benzene rings is 2. The lowest BCUT2D eigenvalue weighted by Crippen LogP contribution is -2.24. The van der Waals surface area contributed by atoms with E-state index in [2.05, 4.69) is 40.7 Å². The monoisotopic (exact) mass is 444 g/mol. The lowest BCUT2D eigenvalue weighted by Gasteiger charge is -2.24. The minimum absolute atomic E-state index is 0.0314. The van der Waals surface area contributed by atoms with Crippen LogP contribution in [0.5, 0.6) is 11.5 Å². The van der Waals surface area contributed by atoms with Crippen molar-refractivity contribution in [3.63, 3.8) is 0 Å². The van der Waals surface area contributed by atoms with Crippen LogP contribution < -0.4 is 4.74 Å². The van der Waals surface area contributed by atoms with E-state index < -0.39 is 9.85 Å². The van der Waals surface area contributed by atoms with Crippen molar-refractivity contribution in [3.8, 4) is 11.5 Å². The van der Waals surface area contributed by atoms with E-state index in [9.17, 15) is 20.2 Å². The number of rotatable bonds is 10. The molecule has 0 N–H and O–H groups in total. The first-order chi connectivity index (χ1) is 15.1. The van der Waals surface area contributed by atoms with Crippen LogP contribution >= 0.6 is 0 Å². The fourth-order valence-corrected chi connectivity index (χ4v) is 2.81. The minimum atomic E-state index is -0.504. The topological polar surface area (TPSA) is 105 Å². The zero-order chi connectivity index (χ0) is 24.1. The summed E-state index contributed by atoms with van der Waals surface area (Å²) in [6.07, 6.45) is 5.76. The Bertz CT molecular complexity index is 834. The summed E-state index contributed by atoms with van der Waals surface area (Å²) >= 11 is 0. The number of hydrogen-bond acceptors (Lipinski definition) is 6. The number of allylic oxidation sites excluding steroid dienone is 2. The summed E-state index contributed by atoms with van der Waals surface area (Å²) in [6.45, 7) is 11.5. The van der Waals surface area contributed by atoms with E-state index in [1.54, 1.807) is 0 Å². The summed E-state index contributed by atoms with van der Waals surface area (Å²) in [6, 6.07) is 11.1. The summed E-state index contributed by atoms with van der Waals surface area (Å²) in [7, 11) is 0. The van der Waals surface area contributed by atoms with Crippen molar-refractivity contribution in [2.45, 2.75) is 59.5 Å². The van der Waals surface area contributed by atoms with Gasteiger partial charge in [-0.3, -0.25) is 20.2 Å². The maximum absolute atomic E-state index is 10.5. The molecule has 8 nitrogen and oxygen atoms in total. The SMILES string of the molecule is CC=C(C)CCCC(C)(C)OCC.O=[N+]([O-])c1ccc(Oc2ccc([N+](=O)[O-])cc2)cc1. The molecule has 0 aliphatic rings. The molecule has 0 aliphatic carbocycles. The van der Waals surface area contributed by atoms with Crippen LogP contribution in [-0.4, -0.2) is 22.1 Å². The molecule has 0 aromatic heterocycles. The predicted molar refractivity (Wildman–Crippen MR) is 125 cm³/mol. The van der Waals surface area contributed by atoms with Gasteiger partial charge in [0.05, 0.1) is 15.4 Å². The second-order valence-corrected chi connectivity index (χ2v) is 7.79. The van der Waals surface area contributed by atoms with Gasteiger partial charge in [0.15, 0.2) is 0 Å². The number of nitro groups is 2. The molecule has 0 aliphatic heterocycles. The minimum Gasteiger partial charge on any atom is -0.457 e. The standard InChI is InChI=1S/C12H8N2O5.C12H24O/c15-13(16)9-1-5-11(6-2-9)19-12-7-3-10(4-8-12)14(17)18;1-6-11(3)9-8-10-12(4,5)13-7-2/h1-8H;6H,7-10H2,1-5H3. The lowest BCUT2D eigenvalue weighted by molar-refractivity contribution is -0.385. The zero-order valence-corrected chi connectivity index (χ0v) is 19.4. The molecule has 2 aromatic carbocycles. The average Bonchev–Trinajstić information content (AvgIpc) is 2.74. The van der Waals surface area contributed by atoms with E-state index >= 15 is 0 Å². The quantitative estimate of drug-likeness (QED) is 0.217. The highest BCUT2D eigenvalue weighted by Crippen LogP contribution is 2.25. The Balaban J connectivity index is 0.000000347. The molecule has 0 unspecified atom stereocenters. The fraction of sp³-hybridized carbons (Fsp3) is 0.417. The predicted octanol–water partition coefficient (Wildman–Crippen LogP) is 7.23. The van der Waals surface area contributed by atoms with Crippen LogP contribution in [0.3, 0.4) is 0 Å². The van der Waals surface area contributed by atoms with Crippen molar-refractivity contribution >= 4 is 11.4 Å². The normalized spacial score (nSPS) is 11.3. The summed E-state index contributed by atoms with van der Waals surface area (Å²) in [5.74, 6) is 0.832. The number of nitrogens with zero attached hydrogens (tertiary/aromatic N) is 2. The fourth-order valence-electron chi connectivity index (χ4n) is 2.81. The molecule has 174 valence electrons. The molecule has 8 heteroatoms. The third-order valence-electron chi connectivity index (χ3n) is 4.71. The molecule has 32 heavy (non-hydrogen) atoms. The van der Waals surface area contributed by atoms with Crippen LogP contribution in [0.15, 0.2) is 60.2 Å². The summed E-state index contributed by atoms with van der Waals surface area (Å²) in [4.78, 5) is 19.9. The van der Waals surface area contributed by atoms with Crippen molar-refractivity contribution in [1.82, 2.24) is 0 Å². The lowest BCUT2D eigenvalue weighted by atomic mass is 9.99. The number of ether oxygens (including phenoxy) is 2. The summed E-state index contributed by atoms with van der Waals surface area (Å²) in [5, 5.41) is 20.9. The van der Waals surface area contributed by atoms with Crippen LogP contribution in [-0.2, 0) is 4.74 Å². The largest absolute Gasteiger partial charge is 0.457 e. The Kier molecular flexibility index (Phi) is 11.1. The van der Waals surface area contributed by atoms with E-state index in [4.69, 9.17) is 9.47 Å². The van der Waals surface area contributed by atoms with E-state index in [0.717, 1.165) is 13.0 Å². The van der Waals surface area contributed by atoms with Gasteiger partial charge in [-0.1, -0.05) is 11.6 Å². The molecule has 0 heterocycles. The summed E-state index contributed by atoms with van der Waals surface area (Å²) in [5.41, 5.74) is 1.47. The first-order valence-corrected chi connectivity index (χ1v) is 10.5. The third kappa shape index (κ3) is 10.2. The molecule has 0 saturated heterocycles. The Labute approximate surface area is 189 Å². The maximum Gasteiger partial charge on any atom is 0.269 e. The second-order valence-electron chi connectivity index (χ2n) is 7.79. The molecule has 0 spiro atoms. The van der Waals surface area contributed by atoms with Crippen molar-refractivity contribution in [2.75, 3.05) is 6.61 Å².